The van der Waals surface area contributed by atoms with Crippen LogP contribution in [0.5, 0.6) is 0 Å². The van der Waals surface area contributed by atoms with Gasteiger partial charge in [-0.2, -0.15) is 17.4 Å². The molecule has 0 aromatic carbocycles. The molecule has 1 saturated heterocycles. The van der Waals surface area contributed by atoms with Crippen molar-refractivity contribution in [3.8, 4) is 0 Å². The standard InChI is InChI=1S/C11H20N4O3S2/c1-18-7-9-3-2-4-15(6-9)20(16,17)13-5-10-8-19-11(12)14-10/h8-9,13H,2-7H2,1H3,(H2,12,14). The van der Waals surface area contributed by atoms with Crippen LogP contribution >= 0.6 is 11.3 Å². The predicted molar refractivity (Wildman–Crippen MR) is 78.5 cm³/mol. The Morgan fingerprint density at radius 3 is 3.10 bits per heavy atom. The molecule has 7 nitrogen and oxygen atoms in total. The molecule has 1 aromatic heterocycles. The van der Waals surface area contributed by atoms with E-state index in [-0.39, 0.29) is 12.5 Å². The number of hydrogen-bond donors (Lipinski definition) is 2. The number of nitrogens with two attached hydrogens (primary N) is 1. The zero-order valence-electron chi connectivity index (χ0n) is 11.4. The molecule has 0 spiro atoms. The Balaban J connectivity index is 1.92. The van der Waals surface area contributed by atoms with Crippen LogP contribution in [0.3, 0.4) is 0 Å². The van der Waals surface area contributed by atoms with E-state index in [1.807, 2.05) is 0 Å². The van der Waals surface area contributed by atoms with Gasteiger partial charge in [0.05, 0.1) is 18.8 Å². The number of nitrogens with one attached hydrogen (secondary N) is 1. The fraction of sp³-hybridized carbons (Fsp3) is 0.727. The van der Waals surface area contributed by atoms with E-state index in [9.17, 15) is 8.42 Å². The van der Waals surface area contributed by atoms with Crippen LogP contribution in [0.4, 0.5) is 5.13 Å². The Morgan fingerprint density at radius 1 is 1.65 bits per heavy atom. The molecule has 0 amide bonds. The number of hydrogen-bond acceptors (Lipinski definition) is 6. The van der Waals surface area contributed by atoms with Crippen molar-refractivity contribution in [3.05, 3.63) is 11.1 Å². The number of nitrogens with zero attached hydrogens (tertiary/aromatic N) is 2. The fourth-order valence-corrected chi connectivity index (χ4v) is 4.13. The first kappa shape index (κ1) is 15.6. The molecule has 114 valence electrons. The van der Waals surface area contributed by atoms with Crippen molar-refractivity contribution < 1.29 is 13.2 Å². The SMILES string of the molecule is COCC1CCCN(S(=O)(=O)NCc2csc(N)n2)C1. The van der Waals surface area contributed by atoms with Crippen LogP contribution in [0, 0.1) is 5.92 Å². The third kappa shape index (κ3) is 4.13. The highest BCUT2D eigenvalue weighted by Gasteiger charge is 2.28. The fourth-order valence-electron chi connectivity index (χ4n) is 2.28. The first-order valence-corrected chi connectivity index (χ1v) is 8.77. The maximum Gasteiger partial charge on any atom is 0.279 e. The van der Waals surface area contributed by atoms with Crippen molar-refractivity contribution in [2.45, 2.75) is 19.4 Å². The molecule has 1 aromatic rings. The highest BCUT2D eigenvalue weighted by molar-refractivity contribution is 7.87. The first-order chi connectivity index (χ1) is 9.51. The summed E-state index contributed by atoms with van der Waals surface area (Å²) in [6.07, 6.45) is 1.86. The lowest BCUT2D eigenvalue weighted by Crippen LogP contribution is -2.46. The van der Waals surface area contributed by atoms with E-state index in [0.29, 0.717) is 30.5 Å². The highest BCUT2D eigenvalue weighted by Crippen LogP contribution is 2.19. The van der Waals surface area contributed by atoms with Crippen molar-refractivity contribution in [3.63, 3.8) is 0 Å². The quantitative estimate of drug-likeness (QED) is 0.791. The zero-order valence-corrected chi connectivity index (χ0v) is 13.0. The van der Waals surface area contributed by atoms with Gasteiger partial charge in [0.1, 0.15) is 0 Å². The molecule has 2 rings (SSSR count). The lowest BCUT2D eigenvalue weighted by atomic mass is 10.0. The molecule has 1 aliphatic heterocycles. The Morgan fingerprint density at radius 2 is 2.45 bits per heavy atom. The number of nitrogen functional groups attached to an aromatic ring is 1. The van der Waals surface area contributed by atoms with E-state index < -0.39 is 10.2 Å². The number of rotatable bonds is 6. The summed E-state index contributed by atoms with van der Waals surface area (Å²) in [6, 6.07) is 0. The minimum Gasteiger partial charge on any atom is -0.384 e. The summed E-state index contributed by atoms with van der Waals surface area (Å²) in [6.45, 7) is 1.81. The normalized spacial score (nSPS) is 21.1. The summed E-state index contributed by atoms with van der Waals surface area (Å²) in [7, 11) is -1.83. The van der Waals surface area contributed by atoms with E-state index in [1.165, 1.54) is 15.6 Å². The van der Waals surface area contributed by atoms with Crippen LogP contribution in [-0.2, 0) is 21.5 Å². The third-order valence-corrected chi connectivity index (χ3v) is 5.47. The van der Waals surface area contributed by atoms with Gasteiger partial charge in [-0.15, -0.1) is 11.3 Å². The maximum absolute atomic E-state index is 12.2. The van der Waals surface area contributed by atoms with Crippen LogP contribution < -0.4 is 10.5 Å². The molecular weight excluding hydrogens is 300 g/mol. The minimum atomic E-state index is -3.47. The molecule has 1 atom stereocenters. The minimum absolute atomic E-state index is 0.168. The lowest BCUT2D eigenvalue weighted by molar-refractivity contribution is 0.118. The predicted octanol–water partition coefficient (Wildman–Crippen LogP) is 0.418. The number of aromatic nitrogens is 1. The Hall–Kier alpha value is -0.740. The highest BCUT2D eigenvalue weighted by atomic mass is 32.2. The summed E-state index contributed by atoms with van der Waals surface area (Å²) in [5, 5.41) is 2.19. The second-order valence-electron chi connectivity index (χ2n) is 4.82. The van der Waals surface area contributed by atoms with Gasteiger partial charge >= 0.3 is 0 Å². The summed E-state index contributed by atoms with van der Waals surface area (Å²) < 4.78 is 33.6. The summed E-state index contributed by atoms with van der Waals surface area (Å²) in [4.78, 5) is 4.03. The van der Waals surface area contributed by atoms with Crippen LogP contribution in [0.2, 0.25) is 0 Å². The molecular formula is C11H20N4O3S2. The van der Waals surface area contributed by atoms with Gasteiger partial charge in [-0.25, -0.2) is 4.98 Å². The van der Waals surface area contributed by atoms with Gasteiger partial charge in [0, 0.05) is 25.6 Å². The molecule has 9 heteroatoms. The summed E-state index contributed by atoms with van der Waals surface area (Å²) in [5.41, 5.74) is 6.16. The van der Waals surface area contributed by atoms with Crippen molar-refractivity contribution in [1.82, 2.24) is 14.0 Å². The summed E-state index contributed by atoms with van der Waals surface area (Å²) >= 11 is 1.30. The third-order valence-electron chi connectivity index (χ3n) is 3.23. The van der Waals surface area contributed by atoms with Gasteiger partial charge in [0.2, 0.25) is 0 Å². The van der Waals surface area contributed by atoms with E-state index in [4.69, 9.17) is 10.5 Å². The van der Waals surface area contributed by atoms with Gasteiger partial charge < -0.3 is 10.5 Å². The molecule has 0 radical (unpaired) electrons. The van der Waals surface area contributed by atoms with Crippen LogP contribution in [0.15, 0.2) is 5.38 Å². The maximum atomic E-state index is 12.2. The molecule has 20 heavy (non-hydrogen) atoms. The molecule has 1 fully saturated rings. The molecule has 3 N–H and O–H groups in total. The Bertz CT molecular complexity index is 530. The Kier molecular flexibility index (Phi) is 5.33. The zero-order chi connectivity index (χ0) is 14.6. The largest absolute Gasteiger partial charge is 0.384 e. The number of thiazole rings is 1. The monoisotopic (exact) mass is 320 g/mol. The number of piperidine rings is 1. The van der Waals surface area contributed by atoms with Crippen LogP contribution in [0.1, 0.15) is 18.5 Å². The van der Waals surface area contributed by atoms with Crippen molar-refractivity contribution in [2.24, 2.45) is 5.92 Å². The average molecular weight is 320 g/mol. The van der Waals surface area contributed by atoms with Crippen LogP contribution in [-0.4, -0.2) is 44.5 Å². The Labute approximate surface area is 123 Å². The topological polar surface area (TPSA) is 97.5 Å². The number of methoxy groups -OCH3 is 1. The van der Waals surface area contributed by atoms with E-state index in [1.54, 1.807) is 12.5 Å². The van der Waals surface area contributed by atoms with Crippen LogP contribution in [0.25, 0.3) is 0 Å². The van der Waals surface area contributed by atoms with E-state index >= 15 is 0 Å². The molecule has 0 saturated carbocycles. The summed E-state index contributed by atoms with van der Waals surface area (Å²) in [5.74, 6) is 0.264. The first-order valence-electron chi connectivity index (χ1n) is 6.45. The number of anilines is 1. The average Bonchev–Trinajstić information content (AvgIpc) is 2.83. The van der Waals surface area contributed by atoms with E-state index in [0.717, 1.165) is 12.8 Å². The van der Waals surface area contributed by atoms with Gasteiger partial charge in [-0.05, 0) is 18.8 Å². The molecule has 1 unspecified atom stereocenters. The lowest BCUT2D eigenvalue weighted by Gasteiger charge is -2.31. The molecule has 0 aliphatic carbocycles. The van der Waals surface area contributed by atoms with Gasteiger partial charge in [-0.3, -0.25) is 0 Å². The van der Waals surface area contributed by atoms with Crippen molar-refractivity contribution in [2.75, 3.05) is 32.5 Å². The van der Waals surface area contributed by atoms with E-state index in [2.05, 4.69) is 9.71 Å². The van der Waals surface area contributed by atoms with Gasteiger partial charge in [0.25, 0.3) is 10.2 Å². The smallest absolute Gasteiger partial charge is 0.279 e. The van der Waals surface area contributed by atoms with Crippen molar-refractivity contribution in [1.29, 1.82) is 0 Å². The van der Waals surface area contributed by atoms with Gasteiger partial charge in [-0.1, -0.05) is 0 Å². The van der Waals surface area contributed by atoms with Gasteiger partial charge in [0.15, 0.2) is 5.13 Å². The molecule has 1 aliphatic rings. The molecule has 2 heterocycles. The molecule has 0 bridgehead atoms. The van der Waals surface area contributed by atoms with Crippen molar-refractivity contribution >= 4 is 26.7 Å². The number of ether oxygens (including phenoxy) is 1. The second-order valence-corrected chi connectivity index (χ2v) is 7.47. The second kappa shape index (κ2) is 6.81.